The van der Waals surface area contributed by atoms with Crippen LogP contribution in [0.15, 0.2) is 66.7 Å². The van der Waals surface area contributed by atoms with Crippen LogP contribution in [0.1, 0.15) is 20.7 Å². The van der Waals surface area contributed by atoms with Crippen LogP contribution in [0, 0.1) is 0 Å². The fraction of sp³-hybridized carbons (Fsp3) is 0.200. The van der Waals surface area contributed by atoms with E-state index in [2.05, 4.69) is 10.2 Å². The van der Waals surface area contributed by atoms with Crippen molar-refractivity contribution < 1.29 is 14.3 Å². The molecule has 1 heterocycles. The van der Waals surface area contributed by atoms with E-state index in [-0.39, 0.29) is 11.8 Å². The molecule has 0 unspecified atom stereocenters. The Kier molecular flexibility index (Phi) is 7.06. The number of hydrogen-bond acceptors (Lipinski definition) is 4. The lowest BCUT2D eigenvalue weighted by Gasteiger charge is -2.36. The van der Waals surface area contributed by atoms with Crippen LogP contribution in [-0.2, 0) is 0 Å². The van der Waals surface area contributed by atoms with E-state index in [4.69, 9.17) is 27.9 Å². The lowest BCUT2D eigenvalue weighted by atomic mass is 10.1. The Morgan fingerprint density at radius 1 is 0.879 bits per heavy atom. The van der Waals surface area contributed by atoms with Crippen molar-refractivity contribution in [2.75, 3.05) is 43.5 Å². The van der Waals surface area contributed by atoms with E-state index in [9.17, 15) is 9.59 Å². The zero-order valence-corrected chi connectivity index (χ0v) is 19.6. The highest BCUT2D eigenvalue weighted by Crippen LogP contribution is 2.26. The zero-order valence-electron chi connectivity index (χ0n) is 18.1. The number of rotatable bonds is 5. The van der Waals surface area contributed by atoms with Gasteiger partial charge in [0.25, 0.3) is 11.8 Å². The molecule has 0 atom stereocenters. The second-order valence-corrected chi connectivity index (χ2v) is 8.51. The summed E-state index contributed by atoms with van der Waals surface area (Å²) >= 11 is 12.0. The maximum absolute atomic E-state index is 13.0. The molecule has 2 amide bonds. The zero-order chi connectivity index (χ0) is 23.4. The van der Waals surface area contributed by atoms with Gasteiger partial charge in [-0.2, -0.15) is 0 Å². The van der Waals surface area contributed by atoms with E-state index < -0.39 is 0 Å². The largest absolute Gasteiger partial charge is 0.496 e. The Morgan fingerprint density at radius 2 is 1.58 bits per heavy atom. The number of carbonyl (C=O) groups is 2. The fourth-order valence-electron chi connectivity index (χ4n) is 3.77. The van der Waals surface area contributed by atoms with E-state index in [0.717, 1.165) is 5.69 Å². The van der Waals surface area contributed by atoms with Gasteiger partial charge in [0.2, 0.25) is 0 Å². The minimum atomic E-state index is -0.214. The highest BCUT2D eigenvalue weighted by Gasteiger charge is 2.24. The van der Waals surface area contributed by atoms with E-state index in [1.807, 2.05) is 29.2 Å². The Balaban J connectivity index is 1.36. The third-order valence-corrected chi connectivity index (χ3v) is 6.01. The number of carbonyl (C=O) groups excluding carboxylic acids is 2. The minimum absolute atomic E-state index is 0.0897. The summed E-state index contributed by atoms with van der Waals surface area (Å²) in [6.45, 7) is 2.56. The second kappa shape index (κ2) is 10.1. The van der Waals surface area contributed by atoms with Crippen molar-refractivity contribution in [2.24, 2.45) is 0 Å². The summed E-state index contributed by atoms with van der Waals surface area (Å²) in [7, 11) is 1.54. The number of nitrogens with zero attached hydrogens (tertiary/aromatic N) is 2. The topological polar surface area (TPSA) is 61.9 Å². The van der Waals surface area contributed by atoms with Crippen LogP contribution in [0.25, 0.3) is 0 Å². The van der Waals surface area contributed by atoms with Crippen molar-refractivity contribution in [3.05, 3.63) is 87.9 Å². The standard InChI is InChI=1S/C25H23Cl2N3O3/c1-33-23-10-5-19(27)16-22(23)25(32)30-13-11-29(12-14-30)21-8-6-20(7-9-21)28-24(31)17-3-2-4-18(26)15-17/h2-10,15-16H,11-14H2,1H3,(H,28,31). The number of methoxy groups -OCH3 is 1. The van der Waals surface area contributed by atoms with E-state index in [0.29, 0.717) is 58.8 Å². The number of piperazine rings is 1. The van der Waals surface area contributed by atoms with E-state index >= 15 is 0 Å². The third kappa shape index (κ3) is 5.41. The Morgan fingerprint density at radius 3 is 2.24 bits per heavy atom. The van der Waals surface area contributed by atoms with Crippen molar-refractivity contribution in [1.82, 2.24) is 4.90 Å². The monoisotopic (exact) mass is 483 g/mol. The van der Waals surface area contributed by atoms with Gasteiger partial charge in [-0.15, -0.1) is 0 Å². The Bertz CT molecular complexity index is 1160. The molecule has 3 aromatic carbocycles. The highest BCUT2D eigenvalue weighted by molar-refractivity contribution is 6.31. The van der Waals surface area contributed by atoms with Crippen LogP contribution in [0.3, 0.4) is 0 Å². The number of hydrogen-bond donors (Lipinski definition) is 1. The molecular weight excluding hydrogens is 461 g/mol. The number of anilines is 2. The molecule has 4 rings (SSSR count). The summed E-state index contributed by atoms with van der Waals surface area (Å²) < 4.78 is 5.32. The molecule has 8 heteroatoms. The summed E-state index contributed by atoms with van der Waals surface area (Å²) in [6, 6.07) is 19.5. The molecule has 0 saturated carbocycles. The van der Waals surface area contributed by atoms with Crippen LogP contribution in [0.4, 0.5) is 11.4 Å². The lowest BCUT2D eigenvalue weighted by molar-refractivity contribution is 0.0743. The van der Waals surface area contributed by atoms with Gasteiger partial charge in [-0.3, -0.25) is 9.59 Å². The van der Waals surface area contributed by atoms with Gasteiger partial charge in [0.1, 0.15) is 5.75 Å². The number of nitrogens with one attached hydrogen (secondary N) is 1. The molecule has 1 fully saturated rings. The van der Waals surface area contributed by atoms with Crippen LogP contribution < -0.4 is 15.0 Å². The van der Waals surface area contributed by atoms with Crippen LogP contribution >= 0.6 is 23.2 Å². The molecule has 1 saturated heterocycles. The average Bonchev–Trinajstić information content (AvgIpc) is 2.84. The summed E-state index contributed by atoms with van der Waals surface area (Å²) in [4.78, 5) is 29.4. The number of amides is 2. The first-order valence-corrected chi connectivity index (χ1v) is 11.2. The first-order chi connectivity index (χ1) is 15.9. The Labute approximate surface area is 202 Å². The minimum Gasteiger partial charge on any atom is -0.496 e. The van der Waals surface area contributed by atoms with Crippen molar-refractivity contribution >= 4 is 46.4 Å². The van der Waals surface area contributed by atoms with Crippen molar-refractivity contribution in [3.8, 4) is 5.75 Å². The summed E-state index contributed by atoms with van der Waals surface area (Å²) in [5.41, 5.74) is 2.70. The molecule has 0 aromatic heterocycles. The van der Waals surface area contributed by atoms with Gasteiger partial charge in [-0.05, 0) is 60.7 Å². The summed E-state index contributed by atoms with van der Waals surface area (Å²) in [6.07, 6.45) is 0. The normalized spacial score (nSPS) is 13.5. The molecule has 1 aliphatic heterocycles. The van der Waals surface area contributed by atoms with E-state index in [1.54, 1.807) is 49.6 Å². The molecular formula is C25H23Cl2N3O3. The first kappa shape index (κ1) is 23.0. The van der Waals surface area contributed by atoms with Gasteiger partial charge in [-0.25, -0.2) is 0 Å². The van der Waals surface area contributed by atoms with Crippen molar-refractivity contribution in [1.29, 1.82) is 0 Å². The van der Waals surface area contributed by atoms with Crippen molar-refractivity contribution in [2.45, 2.75) is 0 Å². The maximum Gasteiger partial charge on any atom is 0.257 e. The second-order valence-electron chi connectivity index (χ2n) is 7.64. The van der Waals surface area contributed by atoms with Gasteiger partial charge in [0.15, 0.2) is 0 Å². The van der Waals surface area contributed by atoms with Crippen LogP contribution in [-0.4, -0.2) is 50.0 Å². The average molecular weight is 484 g/mol. The molecule has 0 aliphatic carbocycles. The maximum atomic E-state index is 13.0. The summed E-state index contributed by atoms with van der Waals surface area (Å²) in [5.74, 6) is 0.212. The molecule has 1 N–H and O–H groups in total. The molecule has 3 aromatic rings. The van der Waals surface area contributed by atoms with Gasteiger partial charge in [-0.1, -0.05) is 29.3 Å². The molecule has 0 spiro atoms. The number of benzene rings is 3. The summed E-state index contributed by atoms with van der Waals surface area (Å²) in [5, 5.41) is 3.90. The lowest BCUT2D eigenvalue weighted by Crippen LogP contribution is -2.48. The van der Waals surface area contributed by atoms with Gasteiger partial charge in [0, 0.05) is 53.2 Å². The number of ether oxygens (including phenoxy) is 1. The van der Waals surface area contributed by atoms with E-state index in [1.165, 1.54) is 0 Å². The first-order valence-electron chi connectivity index (χ1n) is 10.5. The molecule has 1 aliphatic rings. The van der Waals surface area contributed by atoms with Crippen molar-refractivity contribution in [3.63, 3.8) is 0 Å². The SMILES string of the molecule is COc1ccc(Cl)cc1C(=O)N1CCN(c2ccc(NC(=O)c3cccc(Cl)c3)cc2)CC1. The van der Waals surface area contributed by atoms with Gasteiger partial charge >= 0.3 is 0 Å². The predicted molar refractivity (Wildman–Crippen MR) is 132 cm³/mol. The smallest absolute Gasteiger partial charge is 0.257 e. The Hall–Kier alpha value is -3.22. The van der Waals surface area contributed by atoms with Gasteiger partial charge < -0.3 is 19.9 Å². The quantitative estimate of drug-likeness (QED) is 0.540. The van der Waals surface area contributed by atoms with Crippen LogP contribution in [0.2, 0.25) is 10.0 Å². The third-order valence-electron chi connectivity index (χ3n) is 5.54. The molecule has 0 radical (unpaired) electrons. The predicted octanol–water partition coefficient (Wildman–Crippen LogP) is 5.22. The highest BCUT2D eigenvalue weighted by atomic mass is 35.5. The number of halogens is 2. The molecule has 170 valence electrons. The molecule has 33 heavy (non-hydrogen) atoms. The van der Waals surface area contributed by atoms with Crippen LogP contribution in [0.5, 0.6) is 5.75 Å². The molecule has 0 bridgehead atoms. The fourth-order valence-corrected chi connectivity index (χ4v) is 4.14. The molecule has 6 nitrogen and oxygen atoms in total. The van der Waals surface area contributed by atoms with Gasteiger partial charge in [0.05, 0.1) is 12.7 Å².